The molecular weight excluding hydrogens is 228 g/mol. The van der Waals surface area contributed by atoms with Crippen molar-refractivity contribution in [2.24, 2.45) is 5.41 Å². The molecule has 0 atom stereocenters. The fourth-order valence-electron chi connectivity index (χ4n) is 2.40. The first-order valence-electron chi connectivity index (χ1n) is 5.91. The lowest BCUT2D eigenvalue weighted by atomic mass is 9.81. The zero-order valence-electron chi connectivity index (χ0n) is 11.6. The van der Waals surface area contributed by atoms with Crippen LogP contribution in [0.1, 0.15) is 45.9 Å². The predicted molar refractivity (Wildman–Crippen MR) is 79.1 cm³/mol. The number of hydrogen-bond acceptors (Lipinski definition) is 3. The van der Waals surface area contributed by atoms with Gasteiger partial charge < -0.3 is 11.1 Å². The standard InChI is InChI=1S/C14H24N2S/c1-10(12-11(15)7-8-17-12)16-14(5,6)9-13(2,3)4/h7-8,16H,1,9,15H2,2-6H3. The second kappa shape index (κ2) is 4.73. The topological polar surface area (TPSA) is 38.0 Å². The number of nitrogen functional groups attached to an aromatic ring is 1. The van der Waals surface area contributed by atoms with Crippen molar-refractivity contribution in [2.45, 2.75) is 46.6 Å². The van der Waals surface area contributed by atoms with Gasteiger partial charge in [0, 0.05) is 11.2 Å². The fourth-order valence-corrected chi connectivity index (χ4v) is 3.15. The Labute approximate surface area is 109 Å². The molecule has 2 nitrogen and oxygen atoms in total. The van der Waals surface area contributed by atoms with Crippen LogP contribution in [0.15, 0.2) is 18.0 Å². The Morgan fingerprint density at radius 3 is 2.35 bits per heavy atom. The molecule has 0 unspecified atom stereocenters. The van der Waals surface area contributed by atoms with E-state index < -0.39 is 0 Å². The summed E-state index contributed by atoms with van der Waals surface area (Å²) in [4.78, 5) is 1.05. The Morgan fingerprint density at radius 1 is 1.35 bits per heavy atom. The van der Waals surface area contributed by atoms with Crippen molar-refractivity contribution in [1.29, 1.82) is 0 Å². The molecule has 0 spiro atoms. The van der Waals surface area contributed by atoms with Crippen molar-refractivity contribution >= 4 is 22.7 Å². The maximum Gasteiger partial charge on any atom is 0.0725 e. The Kier molecular flexibility index (Phi) is 3.92. The van der Waals surface area contributed by atoms with Crippen molar-refractivity contribution < 1.29 is 0 Å². The molecule has 3 heteroatoms. The third kappa shape index (κ3) is 4.43. The van der Waals surface area contributed by atoms with E-state index in [0.717, 1.165) is 22.7 Å². The SMILES string of the molecule is C=C(NC(C)(C)CC(C)(C)C)c1sccc1N. The molecule has 0 saturated carbocycles. The van der Waals surface area contributed by atoms with Gasteiger partial charge in [-0.3, -0.25) is 0 Å². The number of thiophene rings is 1. The van der Waals surface area contributed by atoms with Gasteiger partial charge in [-0.05, 0) is 37.1 Å². The lowest BCUT2D eigenvalue weighted by Gasteiger charge is -2.34. The highest BCUT2D eigenvalue weighted by atomic mass is 32.1. The average molecular weight is 252 g/mol. The van der Waals surface area contributed by atoms with Gasteiger partial charge in [0.05, 0.1) is 10.6 Å². The molecule has 0 saturated heterocycles. The summed E-state index contributed by atoms with van der Waals surface area (Å²) in [6.45, 7) is 15.2. The van der Waals surface area contributed by atoms with Crippen LogP contribution in [-0.2, 0) is 0 Å². The first-order valence-corrected chi connectivity index (χ1v) is 6.79. The predicted octanol–water partition coefficient (Wildman–Crippen LogP) is 4.11. The minimum atomic E-state index is 0.0196. The van der Waals surface area contributed by atoms with Crippen LogP contribution in [0, 0.1) is 5.41 Å². The summed E-state index contributed by atoms with van der Waals surface area (Å²) in [5.74, 6) is 0. The molecule has 0 fully saturated rings. The molecule has 0 bridgehead atoms. The fraction of sp³-hybridized carbons (Fsp3) is 0.571. The Balaban J connectivity index is 2.72. The summed E-state index contributed by atoms with van der Waals surface area (Å²) in [6, 6.07) is 1.92. The van der Waals surface area contributed by atoms with E-state index in [1.54, 1.807) is 11.3 Å². The molecule has 1 aromatic heterocycles. The van der Waals surface area contributed by atoms with Crippen LogP contribution in [-0.4, -0.2) is 5.54 Å². The highest BCUT2D eigenvalue weighted by Gasteiger charge is 2.26. The number of hydrogen-bond donors (Lipinski definition) is 2. The van der Waals surface area contributed by atoms with Crippen molar-refractivity contribution in [3.63, 3.8) is 0 Å². The third-order valence-corrected chi connectivity index (χ3v) is 3.42. The summed E-state index contributed by atoms with van der Waals surface area (Å²) in [5.41, 5.74) is 7.93. The maximum atomic E-state index is 5.90. The Bertz CT molecular complexity index is 397. The first-order chi connectivity index (χ1) is 7.61. The van der Waals surface area contributed by atoms with Crippen molar-refractivity contribution in [2.75, 3.05) is 5.73 Å². The third-order valence-electron chi connectivity index (χ3n) is 2.43. The molecule has 1 aromatic rings. The van der Waals surface area contributed by atoms with Crippen LogP contribution in [0.25, 0.3) is 5.70 Å². The largest absolute Gasteiger partial charge is 0.397 e. The van der Waals surface area contributed by atoms with Crippen LogP contribution < -0.4 is 11.1 Å². The van der Waals surface area contributed by atoms with Crippen molar-refractivity contribution in [3.05, 3.63) is 22.9 Å². The maximum absolute atomic E-state index is 5.90. The Morgan fingerprint density at radius 2 is 1.94 bits per heavy atom. The van der Waals surface area contributed by atoms with Gasteiger partial charge >= 0.3 is 0 Å². The van der Waals surface area contributed by atoms with Gasteiger partial charge in [0.1, 0.15) is 0 Å². The molecule has 0 aliphatic rings. The van der Waals surface area contributed by atoms with E-state index in [4.69, 9.17) is 5.73 Å². The normalized spacial score (nSPS) is 12.5. The molecule has 3 N–H and O–H groups in total. The van der Waals surface area contributed by atoms with Crippen molar-refractivity contribution in [3.8, 4) is 0 Å². The molecule has 1 heterocycles. The minimum absolute atomic E-state index is 0.0196. The minimum Gasteiger partial charge on any atom is -0.397 e. The summed E-state index contributed by atoms with van der Waals surface area (Å²) in [5, 5.41) is 5.49. The van der Waals surface area contributed by atoms with Crippen LogP contribution in [0.5, 0.6) is 0 Å². The summed E-state index contributed by atoms with van der Waals surface area (Å²) in [7, 11) is 0. The second-order valence-corrected chi connectivity index (χ2v) is 7.35. The van der Waals surface area contributed by atoms with E-state index in [1.807, 2.05) is 11.4 Å². The highest BCUT2D eigenvalue weighted by molar-refractivity contribution is 7.11. The van der Waals surface area contributed by atoms with Crippen molar-refractivity contribution in [1.82, 2.24) is 5.32 Å². The van der Waals surface area contributed by atoms with Gasteiger partial charge in [0.25, 0.3) is 0 Å². The molecule has 1 rings (SSSR count). The highest BCUT2D eigenvalue weighted by Crippen LogP contribution is 2.31. The summed E-state index contributed by atoms with van der Waals surface area (Å²) < 4.78 is 0. The van der Waals surface area contributed by atoms with E-state index in [2.05, 4.69) is 46.5 Å². The van der Waals surface area contributed by atoms with Crippen LogP contribution >= 0.6 is 11.3 Å². The van der Waals surface area contributed by atoms with E-state index in [0.29, 0.717) is 0 Å². The molecule has 0 radical (unpaired) electrons. The molecule has 0 aliphatic heterocycles. The molecule has 0 aliphatic carbocycles. The molecule has 17 heavy (non-hydrogen) atoms. The molecule has 0 amide bonds. The van der Waals surface area contributed by atoms with E-state index in [9.17, 15) is 0 Å². The lowest BCUT2D eigenvalue weighted by Crippen LogP contribution is -2.40. The number of anilines is 1. The van der Waals surface area contributed by atoms with Gasteiger partial charge in [0.2, 0.25) is 0 Å². The smallest absolute Gasteiger partial charge is 0.0725 e. The van der Waals surface area contributed by atoms with E-state index in [-0.39, 0.29) is 11.0 Å². The van der Waals surface area contributed by atoms with Gasteiger partial charge in [0.15, 0.2) is 0 Å². The molecular formula is C14H24N2S. The average Bonchev–Trinajstić information content (AvgIpc) is 2.44. The van der Waals surface area contributed by atoms with Gasteiger partial charge in [-0.15, -0.1) is 11.3 Å². The molecule has 96 valence electrons. The summed E-state index contributed by atoms with van der Waals surface area (Å²) in [6.07, 6.45) is 1.07. The first kappa shape index (κ1) is 14.1. The van der Waals surface area contributed by atoms with Gasteiger partial charge in [-0.1, -0.05) is 27.4 Å². The van der Waals surface area contributed by atoms with Crippen LogP contribution in [0.2, 0.25) is 0 Å². The number of nitrogens with one attached hydrogen (secondary N) is 1. The van der Waals surface area contributed by atoms with Crippen LogP contribution in [0.4, 0.5) is 5.69 Å². The van der Waals surface area contributed by atoms with Gasteiger partial charge in [-0.2, -0.15) is 0 Å². The second-order valence-electron chi connectivity index (χ2n) is 6.43. The van der Waals surface area contributed by atoms with E-state index in [1.165, 1.54) is 0 Å². The number of nitrogens with two attached hydrogens (primary N) is 1. The molecule has 0 aromatic carbocycles. The zero-order valence-corrected chi connectivity index (χ0v) is 12.4. The summed E-state index contributed by atoms with van der Waals surface area (Å²) >= 11 is 1.63. The monoisotopic (exact) mass is 252 g/mol. The Hall–Kier alpha value is -0.960. The van der Waals surface area contributed by atoms with Crippen LogP contribution in [0.3, 0.4) is 0 Å². The zero-order chi connectivity index (χ0) is 13.3. The van der Waals surface area contributed by atoms with Gasteiger partial charge in [-0.25, -0.2) is 0 Å². The van der Waals surface area contributed by atoms with E-state index >= 15 is 0 Å². The lowest BCUT2D eigenvalue weighted by molar-refractivity contribution is 0.264. The quantitative estimate of drug-likeness (QED) is 0.846. The number of rotatable bonds is 4.